The smallest absolute Gasteiger partial charge is 0.291 e. The molecule has 0 radical (unpaired) electrons. The molecule has 0 aliphatic rings. The molecular formula is C21H21BrF2N4O5. The van der Waals surface area contributed by atoms with Gasteiger partial charge in [-0.15, -0.1) is 10.1 Å². The molecule has 0 saturated heterocycles. The fourth-order valence-corrected chi connectivity index (χ4v) is 2.90. The van der Waals surface area contributed by atoms with E-state index in [9.17, 15) is 8.78 Å². The van der Waals surface area contributed by atoms with Gasteiger partial charge in [-0.05, 0) is 56.2 Å². The second-order valence-corrected chi connectivity index (χ2v) is 7.39. The zero-order chi connectivity index (χ0) is 24.2. The number of rotatable bonds is 9. The van der Waals surface area contributed by atoms with Crippen molar-refractivity contribution in [3.8, 4) is 5.75 Å². The van der Waals surface area contributed by atoms with Crippen molar-refractivity contribution in [3.05, 3.63) is 86.9 Å². The summed E-state index contributed by atoms with van der Waals surface area (Å²) >= 11 is 3.38. The first-order chi connectivity index (χ1) is 15.8. The van der Waals surface area contributed by atoms with E-state index < -0.39 is 16.7 Å². The molecule has 9 nitrogen and oxygen atoms in total. The van der Waals surface area contributed by atoms with Crippen LogP contribution in [0.15, 0.2) is 59.6 Å². The highest BCUT2D eigenvalue weighted by Crippen LogP contribution is 2.26. The molecule has 33 heavy (non-hydrogen) atoms. The SMILES string of the molecule is C/C(=C(/OCCCCOc1ccc(Br)cc1)c1ccc(F)cc1F)n1cncn1.O=[N+]([O-])O. The highest BCUT2D eigenvalue weighted by Gasteiger charge is 2.15. The Morgan fingerprint density at radius 2 is 1.85 bits per heavy atom. The average molecular weight is 527 g/mol. The van der Waals surface area contributed by atoms with Gasteiger partial charge in [-0.25, -0.2) is 18.4 Å². The van der Waals surface area contributed by atoms with E-state index in [4.69, 9.17) is 24.8 Å². The Morgan fingerprint density at radius 1 is 1.18 bits per heavy atom. The van der Waals surface area contributed by atoms with E-state index in [2.05, 4.69) is 26.0 Å². The lowest BCUT2D eigenvalue weighted by Crippen LogP contribution is -2.06. The van der Waals surface area contributed by atoms with Crippen LogP contribution < -0.4 is 4.74 Å². The van der Waals surface area contributed by atoms with E-state index >= 15 is 0 Å². The van der Waals surface area contributed by atoms with Crippen LogP contribution in [0.2, 0.25) is 0 Å². The Bertz CT molecular complexity index is 1060. The zero-order valence-corrected chi connectivity index (χ0v) is 19.1. The van der Waals surface area contributed by atoms with Crippen molar-refractivity contribution in [1.29, 1.82) is 0 Å². The minimum Gasteiger partial charge on any atom is -0.494 e. The van der Waals surface area contributed by atoms with E-state index in [0.29, 0.717) is 31.1 Å². The minimum absolute atomic E-state index is 0.172. The lowest BCUT2D eigenvalue weighted by Gasteiger charge is -2.15. The van der Waals surface area contributed by atoms with E-state index in [0.717, 1.165) is 22.7 Å². The molecule has 3 rings (SSSR count). The maximum Gasteiger partial charge on any atom is 0.291 e. The second kappa shape index (κ2) is 13.1. The summed E-state index contributed by atoms with van der Waals surface area (Å²) in [6, 6.07) is 11.0. The standard InChI is InChI=1S/C21H20BrF2N3O2.HNO3/c1-15(27-14-25-13-26-27)21(19-9-6-17(23)12-20(19)24)29-11-3-2-10-28-18-7-4-16(22)5-8-18;2-1(3)4/h4-9,12-14H,2-3,10-11H2,1H3;(H,2,3,4)/b21-15-;. The molecule has 0 fully saturated rings. The van der Waals surface area contributed by atoms with Gasteiger partial charge in [-0.2, -0.15) is 5.10 Å². The topological polar surface area (TPSA) is 113 Å². The van der Waals surface area contributed by atoms with Crippen LogP contribution in [0, 0.1) is 21.7 Å². The molecule has 3 aromatic rings. The third kappa shape index (κ3) is 8.85. The van der Waals surface area contributed by atoms with Crippen LogP contribution in [0.4, 0.5) is 8.78 Å². The molecule has 0 aliphatic heterocycles. The third-order valence-corrected chi connectivity index (χ3v) is 4.66. The Labute approximate surface area is 196 Å². The van der Waals surface area contributed by atoms with Crippen LogP contribution in [0.3, 0.4) is 0 Å². The highest BCUT2D eigenvalue weighted by molar-refractivity contribution is 9.10. The Kier molecular flexibility index (Phi) is 10.2. The summed E-state index contributed by atoms with van der Waals surface area (Å²) in [5.74, 6) is -0.251. The summed E-state index contributed by atoms with van der Waals surface area (Å²) in [6.07, 6.45) is 4.33. The van der Waals surface area contributed by atoms with Gasteiger partial charge >= 0.3 is 0 Å². The monoisotopic (exact) mass is 526 g/mol. The van der Waals surface area contributed by atoms with E-state index in [1.165, 1.54) is 29.5 Å². The molecule has 0 saturated carbocycles. The van der Waals surface area contributed by atoms with Gasteiger partial charge in [0.25, 0.3) is 5.09 Å². The van der Waals surface area contributed by atoms with Crippen LogP contribution in [0.1, 0.15) is 25.3 Å². The molecule has 0 unspecified atom stereocenters. The van der Waals surface area contributed by atoms with Crippen molar-refractivity contribution < 1.29 is 28.5 Å². The number of nitrogens with zero attached hydrogens (tertiary/aromatic N) is 4. The summed E-state index contributed by atoms with van der Waals surface area (Å²) in [5.41, 5.74) is 0.727. The molecule has 1 heterocycles. The molecule has 0 aliphatic carbocycles. The second-order valence-electron chi connectivity index (χ2n) is 6.47. The number of benzene rings is 2. The molecule has 1 N–H and O–H groups in total. The maximum absolute atomic E-state index is 14.3. The van der Waals surface area contributed by atoms with Crippen molar-refractivity contribution in [3.63, 3.8) is 0 Å². The van der Waals surface area contributed by atoms with Crippen LogP contribution in [0.25, 0.3) is 11.5 Å². The predicted molar refractivity (Wildman–Crippen MR) is 119 cm³/mol. The number of aromatic nitrogens is 3. The number of ether oxygens (including phenoxy) is 2. The quantitative estimate of drug-likeness (QED) is 0.176. The van der Waals surface area contributed by atoms with E-state index in [1.54, 1.807) is 6.92 Å². The van der Waals surface area contributed by atoms with Crippen LogP contribution in [-0.2, 0) is 4.74 Å². The van der Waals surface area contributed by atoms with Crippen molar-refractivity contribution >= 4 is 27.4 Å². The summed E-state index contributed by atoms with van der Waals surface area (Å²) in [4.78, 5) is 12.3. The molecule has 0 amide bonds. The summed E-state index contributed by atoms with van der Waals surface area (Å²) < 4.78 is 41.6. The lowest BCUT2D eigenvalue weighted by molar-refractivity contribution is -0.742. The Morgan fingerprint density at radius 3 is 2.45 bits per heavy atom. The van der Waals surface area contributed by atoms with E-state index in [-0.39, 0.29) is 5.56 Å². The molecule has 1 aromatic heterocycles. The van der Waals surface area contributed by atoms with E-state index in [1.807, 2.05) is 24.3 Å². The first-order valence-corrected chi connectivity index (χ1v) is 10.4. The number of unbranched alkanes of at least 4 members (excludes halogenated alkanes) is 1. The van der Waals surface area contributed by atoms with Crippen molar-refractivity contribution in [2.75, 3.05) is 13.2 Å². The summed E-state index contributed by atoms with van der Waals surface area (Å²) in [6.45, 7) is 2.63. The van der Waals surface area contributed by atoms with Crippen LogP contribution in [0.5, 0.6) is 5.75 Å². The van der Waals surface area contributed by atoms with Gasteiger partial charge in [0.2, 0.25) is 0 Å². The van der Waals surface area contributed by atoms with Gasteiger partial charge < -0.3 is 14.7 Å². The van der Waals surface area contributed by atoms with Crippen molar-refractivity contribution in [2.45, 2.75) is 19.8 Å². The molecule has 12 heteroatoms. The zero-order valence-electron chi connectivity index (χ0n) is 17.5. The molecule has 0 spiro atoms. The molecule has 2 aromatic carbocycles. The van der Waals surface area contributed by atoms with Gasteiger partial charge in [0.15, 0.2) is 5.76 Å². The fourth-order valence-electron chi connectivity index (χ4n) is 2.64. The summed E-state index contributed by atoms with van der Waals surface area (Å²) in [5, 5.41) is 17.7. The van der Waals surface area contributed by atoms with Crippen LogP contribution >= 0.6 is 15.9 Å². The highest BCUT2D eigenvalue weighted by atomic mass is 79.9. The van der Waals surface area contributed by atoms with Crippen molar-refractivity contribution in [1.82, 2.24) is 14.8 Å². The maximum atomic E-state index is 14.3. The number of hydrogen-bond acceptors (Lipinski definition) is 6. The van der Waals surface area contributed by atoms with Gasteiger partial charge in [0, 0.05) is 10.5 Å². The Balaban J connectivity index is 0.000000890. The van der Waals surface area contributed by atoms with Crippen LogP contribution in [-0.4, -0.2) is 38.3 Å². The largest absolute Gasteiger partial charge is 0.494 e. The van der Waals surface area contributed by atoms with Gasteiger partial charge in [0.05, 0.1) is 24.5 Å². The average Bonchev–Trinajstić information content (AvgIpc) is 3.29. The number of hydrogen-bond donors (Lipinski definition) is 1. The third-order valence-electron chi connectivity index (χ3n) is 4.13. The summed E-state index contributed by atoms with van der Waals surface area (Å²) in [7, 11) is 0. The molecule has 176 valence electrons. The predicted octanol–water partition coefficient (Wildman–Crippen LogP) is 5.19. The Hall–Kier alpha value is -3.54. The number of halogens is 3. The van der Waals surface area contributed by atoms with Gasteiger partial charge in [0.1, 0.15) is 30.0 Å². The molecule has 0 atom stereocenters. The fraction of sp³-hybridized carbons (Fsp3) is 0.238. The first-order valence-electron chi connectivity index (χ1n) is 9.63. The number of allylic oxidation sites excluding steroid dienone is 1. The van der Waals surface area contributed by atoms with Gasteiger partial charge in [-0.1, -0.05) is 15.9 Å². The lowest BCUT2D eigenvalue weighted by atomic mass is 10.1. The molecular weight excluding hydrogens is 506 g/mol. The normalized spacial score (nSPS) is 11.2. The van der Waals surface area contributed by atoms with Gasteiger partial charge in [-0.3, -0.25) is 0 Å². The van der Waals surface area contributed by atoms with Crippen molar-refractivity contribution in [2.24, 2.45) is 0 Å². The first kappa shape index (κ1) is 25.7. The molecule has 0 bridgehead atoms. The minimum atomic E-state index is -1.50.